The van der Waals surface area contributed by atoms with Crippen LogP contribution < -0.4 is 5.32 Å². The third kappa shape index (κ3) is 40.8. The zero-order valence-electron chi connectivity index (χ0n) is 38.7. The molecule has 0 aliphatic heterocycles. The summed E-state index contributed by atoms with van der Waals surface area (Å²) in [6, 6.07) is -0.701. The fourth-order valence-electron chi connectivity index (χ4n) is 7.73. The highest BCUT2D eigenvalue weighted by molar-refractivity contribution is 5.77. The van der Waals surface area contributed by atoms with E-state index < -0.39 is 18.2 Å². The highest BCUT2D eigenvalue weighted by Crippen LogP contribution is 2.18. The first-order chi connectivity index (χ1) is 28.5. The number of ether oxygens (including phenoxy) is 1. The molecule has 0 rings (SSSR count). The van der Waals surface area contributed by atoms with Gasteiger partial charge >= 0.3 is 5.97 Å². The van der Waals surface area contributed by atoms with Crippen LogP contribution in [0.25, 0.3) is 0 Å². The monoisotopic (exact) mass is 816 g/mol. The predicted molar refractivity (Wildman–Crippen MR) is 250 cm³/mol. The lowest BCUT2D eigenvalue weighted by Crippen LogP contribution is -2.46. The molecule has 3 atom stereocenters. The van der Waals surface area contributed by atoms with Crippen molar-refractivity contribution in [1.82, 2.24) is 5.32 Å². The Morgan fingerprint density at radius 3 is 1.40 bits per heavy atom. The van der Waals surface area contributed by atoms with E-state index >= 15 is 0 Å². The van der Waals surface area contributed by atoms with E-state index in [1.165, 1.54) is 141 Å². The molecule has 0 saturated heterocycles. The lowest BCUT2D eigenvalue weighted by atomic mass is 10.0. The average molecular weight is 816 g/mol. The van der Waals surface area contributed by atoms with E-state index in [2.05, 4.69) is 62.5 Å². The second kappa shape index (κ2) is 46.2. The van der Waals surface area contributed by atoms with Gasteiger partial charge in [-0.2, -0.15) is 0 Å². The molecule has 3 unspecified atom stereocenters. The highest BCUT2D eigenvalue weighted by atomic mass is 16.5. The van der Waals surface area contributed by atoms with Crippen molar-refractivity contribution in [2.45, 2.75) is 277 Å². The molecule has 0 radical (unpaired) electrons. The number of carbonyl (C=O) groups is 2. The minimum atomic E-state index is -0.788. The number of unbranched alkanes of at least 4 members (excludes halogenated alkanes) is 29. The fraction of sp³-hybridized carbons (Fsp3) is 0.846. The number of rotatable bonds is 45. The van der Waals surface area contributed by atoms with Crippen LogP contribution in [-0.4, -0.2) is 46.9 Å². The van der Waals surface area contributed by atoms with Gasteiger partial charge in [-0.25, -0.2) is 0 Å². The van der Waals surface area contributed by atoms with Gasteiger partial charge in [0.25, 0.3) is 0 Å². The number of hydrogen-bond donors (Lipinski definition) is 3. The zero-order chi connectivity index (χ0) is 42.4. The van der Waals surface area contributed by atoms with E-state index in [0.717, 1.165) is 70.6 Å². The summed E-state index contributed by atoms with van der Waals surface area (Å²) in [7, 11) is 0. The van der Waals surface area contributed by atoms with Crippen LogP contribution in [0.2, 0.25) is 0 Å². The number of aliphatic hydroxyl groups is 2. The molecule has 340 valence electrons. The molecule has 0 heterocycles. The Kier molecular flexibility index (Phi) is 44.6. The Balaban J connectivity index is 4.48. The van der Waals surface area contributed by atoms with Crippen LogP contribution in [0.5, 0.6) is 0 Å². The summed E-state index contributed by atoms with van der Waals surface area (Å²) < 4.78 is 5.91. The van der Waals surface area contributed by atoms with Crippen molar-refractivity contribution in [3.63, 3.8) is 0 Å². The van der Waals surface area contributed by atoms with Crippen LogP contribution in [0.3, 0.4) is 0 Å². The predicted octanol–water partition coefficient (Wildman–Crippen LogP) is 14.9. The second-order valence-electron chi connectivity index (χ2n) is 17.3. The van der Waals surface area contributed by atoms with Crippen LogP contribution in [0, 0.1) is 0 Å². The van der Waals surface area contributed by atoms with Crippen molar-refractivity contribution in [3.8, 4) is 0 Å². The highest BCUT2D eigenvalue weighted by Gasteiger charge is 2.24. The Hall–Kier alpha value is -1.92. The summed E-state index contributed by atoms with van der Waals surface area (Å²) in [5, 5.41) is 23.8. The lowest BCUT2D eigenvalue weighted by molar-refractivity contribution is -0.151. The molecule has 6 nitrogen and oxygen atoms in total. The van der Waals surface area contributed by atoms with Crippen LogP contribution in [0.15, 0.2) is 36.5 Å². The van der Waals surface area contributed by atoms with Crippen LogP contribution in [-0.2, 0) is 14.3 Å². The molecule has 0 aliphatic carbocycles. The molecule has 0 saturated carbocycles. The summed E-state index contributed by atoms with van der Waals surface area (Å²) in [5.41, 5.74) is 0. The first-order valence-electron chi connectivity index (χ1n) is 25.2. The number of hydrogen-bond acceptors (Lipinski definition) is 5. The summed E-state index contributed by atoms with van der Waals surface area (Å²) >= 11 is 0. The molecule has 0 aromatic heterocycles. The largest absolute Gasteiger partial charge is 0.462 e. The summed E-state index contributed by atoms with van der Waals surface area (Å²) in [5.74, 6) is -0.490. The van der Waals surface area contributed by atoms with E-state index in [4.69, 9.17) is 4.74 Å². The Bertz CT molecular complexity index is 961. The van der Waals surface area contributed by atoms with Gasteiger partial charge < -0.3 is 20.3 Å². The van der Waals surface area contributed by atoms with Crippen molar-refractivity contribution < 1.29 is 24.5 Å². The fourth-order valence-corrected chi connectivity index (χ4v) is 7.73. The zero-order valence-corrected chi connectivity index (χ0v) is 38.7. The summed E-state index contributed by atoms with van der Waals surface area (Å²) in [4.78, 5) is 26.0. The van der Waals surface area contributed by atoms with Gasteiger partial charge in [-0.05, 0) is 44.9 Å². The molecule has 0 fully saturated rings. The molecule has 0 aromatic carbocycles. The third-order valence-corrected chi connectivity index (χ3v) is 11.5. The molecule has 58 heavy (non-hydrogen) atoms. The van der Waals surface area contributed by atoms with Crippen molar-refractivity contribution in [3.05, 3.63) is 36.5 Å². The van der Waals surface area contributed by atoms with Crippen molar-refractivity contribution in [2.24, 2.45) is 0 Å². The molecule has 6 heteroatoms. The quantitative estimate of drug-likeness (QED) is 0.0323. The Labute approximate surface area is 360 Å². The van der Waals surface area contributed by atoms with Gasteiger partial charge in [0.2, 0.25) is 5.91 Å². The van der Waals surface area contributed by atoms with Crippen LogP contribution in [0.4, 0.5) is 0 Å². The topological polar surface area (TPSA) is 95.9 Å². The molecule has 1 amide bonds. The van der Waals surface area contributed by atoms with Gasteiger partial charge in [0.05, 0.1) is 25.2 Å². The van der Waals surface area contributed by atoms with E-state index in [1.54, 1.807) is 0 Å². The van der Waals surface area contributed by atoms with Gasteiger partial charge in [-0.15, -0.1) is 0 Å². The van der Waals surface area contributed by atoms with Crippen LogP contribution >= 0.6 is 0 Å². The van der Waals surface area contributed by atoms with Gasteiger partial charge in [0.15, 0.2) is 0 Å². The number of nitrogens with one attached hydrogen (secondary N) is 1. The van der Waals surface area contributed by atoms with Gasteiger partial charge in [-0.1, -0.05) is 237 Å². The van der Waals surface area contributed by atoms with Crippen molar-refractivity contribution in [1.29, 1.82) is 0 Å². The average Bonchev–Trinajstić information content (AvgIpc) is 3.22. The van der Waals surface area contributed by atoms with Crippen LogP contribution in [0.1, 0.15) is 258 Å². The maximum absolute atomic E-state index is 13.2. The third-order valence-electron chi connectivity index (χ3n) is 11.5. The molecular formula is C52H97NO5. The Morgan fingerprint density at radius 1 is 0.517 bits per heavy atom. The molecule has 3 N–H and O–H groups in total. The molecule has 0 aromatic rings. The smallest absolute Gasteiger partial charge is 0.306 e. The van der Waals surface area contributed by atoms with Gasteiger partial charge in [0.1, 0.15) is 6.10 Å². The minimum absolute atomic E-state index is 0.0725. The first-order valence-corrected chi connectivity index (χ1v) is 25.2. The lowest BCUT2D eigenvalue weighted by Gasteiger charge is -2.24. The van der Waals surface area contributed by atoms with Crippen molar-refractivity contribution >= 4 is 11.9 Å². The number of esters is 1. The number of carbonyl (C=O) groups excluding carboxylic acids is 2. The number of allylic oxidation sites excluding steroid dienone is 6. The maximum Gasteiger partial charge on any atom is 0.306 e. The summed E-state index contributed by atoms with van der Waals surface area (Å²) in [6.45, 7) is 6.35. The van der Waals surface area contributed by atoms with Crippen molar-refractivity contribution in [2.75, 3.05) is 6.61 Å². The van der Waals surface area contributed by atoms with E-state index in [-0.39, 0.29) is 24.9 Å². The molecular weight excluding hydrogens is 719 g/mol. The number of amides is 1. The van der Waals surface area contributed by atoms with Gasteiger partial charge in [0, 0.05) is 6.42 Å². The SMILES string of the molecule is CC/C=C/C=C/C=C\CCCCCCCC(=O)OC(CCCCCCCCCCCC)CC(=O)NC(CO)C(O)CCCCCCCCCCCCCCCCCC. The normalized spacial score (nSPS) is 13.5. The summed E-state index contributed by atoms with van der Waals surface area (Å²) in [6.07, 6.45) is 53.5. The molecule has 0 bridgehead atoms. The minimum Gasteiger partial charge on any atom is -0.462 e. The maximum atomic E-state index is 13.2. The standard InChI is InChI=1S/C52H97NO5/c1-4-7-10-13-16-19-22-24-25-26-28-29-32-35-38-41-44-50(55)49(47-54)53-51(56)46-48(43-40-37-34-31-21-18-15-12-9-6-3)58-52(57)45-42-39-36-33-30-27-23-20-17-14-11-8-5-2/h8,11,14,17,20,23,48-50,54-55H,4-7,9-10,12-13,15-16,18-19,21-22,24-47H2,1-3H3,(H,53,56)/b11-8+,17-14+,23-20-. The molecule has 0 spiro atoms. The van der Waals surface area contributed by atoms with E-state index in [9.17, 15) is 19.8 Å². The molecule has 0 aliphatic rings. The van der Waals surface area contributed by atoms with E-state index in [0.29, 0.717) is 19.3 Å². The Morgan fingerprint density at radius 2 is 0.931 bits per heavy atom. The second-order valence-corrected chi connectivity index (χ2v) is 17.3. The van der Waals surface area contributed by atoms with Gasteiger partial charge in [-0.3, -0.25) is 9.59 Å². The first kappa shape index (κ1) is 56.1. The number of aliphatic hydroxyl groups excluding tert-OH is 2. The van der Waals surface area contributed by atoms with E-state index in [1.807, 2.05) is 0 Å².